The zero-order valence-corrected chi connectivity index (χ0v) is 18.7. The highest BCUT2D eigenvalue weighted by atomic mass is 32.2. The van der Waals surface area contributed by atoms with Gasteiger partial charge in [-0.2, -0.15) is 0 Å². The van der Waals surface area contributed by atoms with Crippen LogP contribution in [0, 0.1) is 12.8 Å². The van der Waals surface area contributed by atoms with Crippen LogP contribution in [0.1, 0.15) is 32.3 Å². The van der Waals surface area contributed by atoms with Crippen LogP contribution in [0.4, 0.5) is 5.69 Å². The van der Waals surface area contributed by atoms with E-state index in [1.54, 1.807) is 53.4 Å². The Balaban J connectivity index is 1.93. The lowest BCUT2D eigenvalue weighted by Crippen LogP contribution is -2.46. The predicted octanol–water partition coefficient (Wildman–Crippen LogP) is 3.85. The number of nitrogens with zero attached hydrogens (tertiary/aromatic N) is 2. The van der Waals surface area contributed by atoms with Gasteiger partial charge in [0.15, 0.2) is 0 Å². The van der Waals surface area contributed by atoms with E-state index in [0.29, 0.717) is 37.1 Å². The molecule has 0 aliphatic carbocycles. The molecule has 0 aromatic heterocycles. The smallest absolute Gasteiger partial charge is 0.264 e. The third-order valence-electron chi connectivity index (χ3n) is 5.33. The third kappa shape index (κ3) is 5.14. The Morgan fingerprint density at radius 2 is 1.80 bits per heavy atom. The monoisotopic (exact) mass is 430 g/mol. The Labute approximate surface area is 179 Å². The van der Waals surface area contributed by atoms with Gasteiger partial charge in [0.05, 0.1) is 17.2 Å². The van der Waals surface area contributed by atoms with Gasteiger partial charge < -0.3 is 9.64 Å². The molecule has 0 saturated carbocycles. The minimum atomic E-state index is -3.90. The molecule has 3 rings (SSSR count). The van der Waals surface area contributed by atoms with Crippen molar-refractivity contribution in [3.8, 4) is 5.75 Å². The number of likely N-dealkylation sites (tertiary alicyclic amines) is 1. The van der Waals surface area contributed by atoms with E-state index in [9.17, 15) is 13.2 Å². The number of benzene rings is 2. The number of ether oxygens (including phenoxy) is 1. The van der Waals surface area contributed by atoms with Crippen molar-refractivity contribution in [3.05, 3.63) is 54.1 Å². The number of amides is 1. The van der Waals surface area contributed by atoms with Crippen LogP contribution in [-0.4, -0.2) is 45.5 Å². The van der Waals surface area contributed by atoms with E-state index < -0.39 is 10.0 Å². The largest absolute Gasteiger partial charge is 0.494 e. The van der Waals surface area contributed by atoms with Gasteiger partial charge in [0.25, 0.3) is 10.0 Å². The van der Waals surface area contributed by atoms with Gasteiger partial charge in [-0.05, 0) is 69.0 Å². The van der Waals surface area contributed by atoms with Crippen molar-refractivity contribution < 1.29 is 17.9 Å². The highest BCUT2D eigenvalue weighted by Gasteiger charge is 2.30. The van der Waals surface area contributed by atoms with Crippen molar-refractivity contribution >= 4 is 21.6 Å². The fourth-order valence-corrected chi connectivity index (χ4v) is 5.08. The van der Waals surface area contributed by atoms with Crippen LogP contribution in [0.3, 0.4) is 0 Å². The molecule has 2 aromatic carbocycles. The van der Waals surface area contributed by atoms with E-state index in [1.807, 2.05) is 13.8 Å². The number of hydrogen-bond acceptors (Lipinski definition) is 4. The highest BCUT2D eigenvalue weighted by molar-refractivity contribution is 7.92. The van der Waals surface area contributed by atoms with Gasteiger partial charge >= 0.3 is 0 Å². The van der Waals surface area contributed by atoms with E-state index in [1.165, 1.54) is 4.31 Å². The molecule has 30 heavy (non-hydrogen) atoms. The van der Waals surface area contributed by atoms with Gasteiger partial charge in [0.2, 0.25) is 5.91 Å². The summed E-state index contributed by atoms with van der Waals surface area (Å²) in [5.74, 6) is 0.909. The molecule has 1 heterocycles. The normalized spacial score (nSPS) is 16.9. The molecular weight excluding hydrogens is 400 g/mol. The summed E-state index contributed by atoms with van der Waals surface area (Å²) >= 11 is 0. The summed E-state index contributed by atoms with van der Waals surface area (Å²) in [4.78, 5) is 15.0. The lowest BCUT2D eigenvalue weighted by atomic mass is 10.0. The quantitative estimate of drug-likeness (QED) is 0.669. The van der Waals surface area contributed by atoms with Gasteiger partial charge in [-0.3, -0.25) is 9.10 Å². The number of aryl methyl sites for hydroxylation is 1. The third-order valence-corrected chi connectivity index (χ3v) is 7.12. The number of rotatable bonds is 7. The molecule has 0 N–H and O–H groups in total. The second-order valence-electron chi connectivity index (χ2n) is 7.84. The molecule has 6 nitrogen and oxygen atoms in total. The van der Waals surface area contributed by atoms with Crippen LogP contribution in [0.25, 0.3) is 0 Å². The Morgan fingerprint density at radius 3 is 2.40 bits per heavy atom. The molecule has 1 saturated heterocycles. The summed E-state index contributed by atoms with van der Waals surface area (Å²) in [7, 11) is -3.90. The summed E-state index contributed by atoms with van der Waals surface area (Å²) in [5, 5.41) is 0. The number of anilines is 1. The van der Waals surface area contributed by atoms with E-state index in [0.717, 1.165) is 18.4 Å². The van der Waals surface area contributed by atoms with Crippen molar-refractivity contribution in [3.63, 3.8) is 0 Å². The summed E-state index contributed by atoms with van der Waals surface area (Å²) in [6.07, 6.45) is 2.04. The van der Waals surface area contributed by atoms with Crippen LogP contribution < -0.4 is 9.04 Å². The van der Waals surface area contributed by atoms with Crippen LogP contribution in [0.5, 0.6) is 5.75 Å². The maximum atomic E-state index is 13.5. The lowest BCUT2D eigenvalue weighted by Gasteiger charge is -2.33. The Morgan fingerprint density at radius 1 is 1.13 bits per heavy atom. The minimum absolute atomic E-state index is 0.168. The van der Waals surface area contributed by atoms with Gasteiger partial charge in [0, 0.05) is 13.1 Å². The molecule has 1 fully saturated rings. The van der Waals surface area contributed by atoms with Crippen molar-refractivity contribution in [2.75, 3.05) is 30.5 Å². The second-order valence-corrected chi connectivity index (χ2v) is 9.70. The molecule has 1 atom stereocenters. The van der Waals surface area contributed by atoms with Crippen LogP contribution in [-0.2, 0) is 14.8 Å². The molecule has 0 spiro atoms. The first-order valence-electron chi connectivity index (χ1n) is 10.4. The van der Waals surface area contributed by atoms with Crippen molar-refractivity contribution in [1.82, 2.24) is 4.90 Å². The number of hydrogen-bond donors (Lipinski definition) is 0. The number of carbonyl (C=O) groups excluding carboxylic acids is 1. The summed E-state index contributed by atoms with van der Waals surface area (Å²) < 4.78 is 33.6. The fraction of sp³-hybridized carbons (Fsp3) is 0.435. The van der Waals surface area contributed by atoms with E-state index in [2.05, 4.69) is 6.92 Å². The van der Waals surface area contributed by atoms with Crippen LogP contribution in [0.2, 0.25) is 0 Å². The molecule has 0 bridgehead atoms. The van der Waals surface area contributed by atoms with E-state index >= 15 is 0 Å². The van der Waals surface area contributed by atoms with E-state index in [-0.39, 0.29) is 17.3 Å². The van der Waals surface area contributed by atoms with Gasteiger partial charge in [-0.15, -0.1) is 0 Å². The highest BCUT2D eigenvalue weighted by Crippen LogP contribution is 2.27. The average Bonchev–Trinajstić information content (AvgIpc) is 2.73. The van der Waals surface area contributed by atoms with Crippen LogP contribution >= 0.6 is 0 Å². The summed E-state index contributed by atoms with van der Waals surface area (Å²) in [6, 6.07) is 13.5. The maximum Gasteiger partial charge on any atom is 0.264 e. The zero-order chi connectivity index (χ0) is 21.7. The molecule has 7 heteroatoms. The number of sulfonamides is 1. The minimum Gasteiger partial charge on any atom is -0.494 e. The summed E-state index contributed by atoms with van der Waals surface area (Å²) in [6.45, 7) is 7.55. The van der Waals surface area contributed by atoms with Gasteiger partial charge in [0.1, 0.15) is 12.3 Å². The molecule has 1 aliphatic rings. The maximum absolute atomic E-state index is 13.5. The SMILES string of the molecule is CCOc1ccc(N(CC(=O)N2CCC[C@@H](C)C2)S(=O)(=O)c2ccc(C)cc2)cc1. The number of piperidine rings is 1. The van der Waals surface area contributed by atoms with Crippen molar-refractivity contribution in [2.24, 2.45) is 5.92 Å². The first-order chi connectivity index (χ1) is 14.3. The Kier molecular flexibility index (Phi) is 7.02. The Hall–Kier alpha value is -2.54. The molecule has 1 aliphatic heterocycles. The van der Waals surface area contributed by atoms with Crippen molar-refractivity contribution in [1.29, 1.82) is 0 Å². The first kappa shape index (κ1) is 22.2. The number of carbonyl (C=O) groups is 1. The van der Waals surface area contributed by atoms with E-state index in [4.69, 9.17) is 4.74 Å². The van der Waals surface area contributed by atoms with Gasteiger partial charge in [-0.1, -0.05) is 24.6 Å². The van der Waals surface area contributed by atoms with Crippen LogP contribution in [0.15, 0.2) is 53.4 Å². The molecule has 162 valence electrons. The Bertz CT molecular complexity index is 956. The lowest BCUT2D eigenvalue weighted by molar-refractivity contribution is -0.131. The second kappa shape index (κ2) is 9.51. The zero-order valence-electron chi connectivity index (χ0n) is 17.9. The average molecular weight is 431 g/mol. The predicted molar refractivity (Wildman–Crippen MR) is 118 cm³/mol. The standard InChI is InChI=1S/C23H30N2O4S/c1-4-29-21-11-9-20(10-12-21)25(17-23(26)24-15-5-6-19(3)16-24)30(27,28)22-13-7-18(2)8-14-22/h7-14,19H,4-6,15-17H2,1-3H3/t19-/m1/s1. The molecule has 0 unspecified atom stereocenters. The molecule has 1 amide bonds. The summed E-state index contributed by atoms with van der Waals surface area (Å²) in [5.41, 5.74) is 1.41. The van der Waals surface area contributed by atoms with Gasteiger partial charge in [-0.25, -0.2) is 8.42 Å². The molecule has 2 aromatic rings. The first-order valence-corrected chi connectivity index (χ1v) is 11.9. The van der Waals surface area contributed by atoms with Crippen molar-refractivity contribution in [2.45, 2.75) is 38.5 Å². The topological polar surface area (TPSA) is 66.9 Å². The molecule has 0 radical (unpaired) electrons. The fourth-order valence-electron chi connectivity index (χ4n) is 3.67. The molecular formula is C23H30N2O4S.